The van der Waals surface area contributed by atoms with Crippen LogP contribution in [0.5, 0.6) is 0 Å². The van der Waals surface area contributed by atoms with Crippen molar-refractivity contribution in [1.29, 1.82) is 0 Å². The second-order valence-corrected chi connectivity index (χ2v) is 3.79. The van der Waals surface area contributed by atoms with Crippen LogP contribution in [0.4, 0.5) is 0 Å². The van der Waals surface area contributed by atoms with E-state index in [0.717, 1.165) is 32.5 Å². The molecule has 1 aliphatic heterocycles. The fourth-order valence-corrected chi connectivity index (χ4v) is 1.72. The summed E-state index contributed by atoms with van der Waals surface area (Å²) < 4.78 is 0. The SMILES string of the molecule is NNC(=O)CCN1CCC(CO)CC1. The number of aliphatic hydroxyl groups is 1. The molecule has 5 heteroatoms. The van der Waals surface area contributed by atoms with Crippen LogP contribution in [0, 0.1) is 5.92 Å². The van der Waals surface area contributed by atoms with Crippen LogP contribution >= 0.6 is 0 Å². The zero-order valence-corrected chi connectivity index (χ0v) is 8.41. The minimum absolute atomic E-state index is 0.116. The third kappa shape index (κ3) is 3.61. The maximum absolute atomic E-state index is 10.9. The van der Waals surface area contributed by atoms with E-state index in [0.29, 0.717) is 12.3 Å². The molecule has 0 aromatic heterocycles. The maximum atomic E-state index is 10.9. The first-order valence-electron chi connectivity index (χ1n) is 5.09. The largest absolute Gasteiger partial charge is 0.396 e. The van der Waals surface area contributed by atoms with Gasteiger partial charge in [-0.3, -0.25) is 10.2 Å². The number of nitrogens with two attached hydrogens (primary N) is 1. The van der Waals surface area contributed by atoms with Gasteiger partial charge in [-0.05, 0) is 31.8 Å². The Hall–Kier alpha value is -0.650. The van der Waals surface area contributed by atoms with Crippen LogP contribution in [-0.4, -0.2) is 42.2 Å². The van der Waals surface area contributed by atoms with E-state index in [1.54, 1.807) is 0 Å². The third-order valence-corrected chi connectivity index (χ3v) is 2.78. The molecule has 1 aliphatic rings. The molecule has 82 valence electrons. The number of carbonyl (C=O) groups is 1. The predicted molar refractivity (Wildman–Crippen MR) is 53.2 cm³/mol. The number of piperidine rings is 1. The van der Waals surface area contributed by atoms with Crippen molar-refractivity contribution in [3.63, 3.8) is 0 Å². The number of nitrogens with one attached hydrogen (secondary N) is 1. The van der Waals surface area contributed by atoms with Gasteiger partial charge in [0, 0.05) is 19.6 Å². The lowest BCUT2D eigenvalue weighted by Gasteiger charge is -2.30. The van der Waals surface area contributed by atoms with Gasteiger partial charge in [-0.1, -0.05) is 0 Å². The first-order valence-corrected chi connectivity index (χ1v) is 5.09. The Morgan fingerprint density at radius 2 is 2.14 bits per heavy atom. The Morgan fingerprint density at radius 1 is 1.50 bits per heavy atom. The number of aliphatic hydroxyl groups excluding tert-OH is 1. The number of hydrogen-bond acceptors (Lipinski definition) is 4. The zero-order chi connectivity index (χ0) is 10.4. The summed E-state index contributed by atoms with van der Waals surface area (Å²) in [6, 6.07) is 0. The quantitative estimate of drug-likeness (QED) is 0.312. The molecule has 0 saturated carbocycles. The zero-order valence-electron chi connectivity index (χ0n) is 8.41. The van der Waals surface area contributed by atoms with Crippen molar-refractivity contribution < 1.29 is 9.90 Å². The van der Waals surface area contributed by atoms with Crippen LogP contribution in [0.2, 0.25) is 0 Å². The molecule has 0 unspecified atom stereocenters. The van der Waals surface area contributed by atoms with Crippen molar-refractivity contribution in [2.24, 2.45) is 11.8 Å². The summed E-state index contributed by atoms with van der Waals surface area (Å²) >= 11 is 0. The Kier molecular flexibility index (Phi) is 4.86. The van der Waals surface area contributed by atoms with E-state index < -0.39 is 0 Å². The maximum Gasteiger partial charge on any atom is 0.235 e. The lowest BCUT2D eigenvalue weighted by atomic mass is 9.98. The molecule has 1 saturated heterocycles. The highest BCUT2D eigenvalue weighted by molar-refractivity contribution is 5.75. The highest BCUT2D eigenvalue weighted by Crippen LogP contribution is 2.16. The summed E-state index contributed by atoms with van der Waals surface area (Å²) in [6.45, 7) is 3.00. The topological polar surface area (TPSA) is 78.6 Å². The minimum atomic E-state index is -0.116. The number of likely N-dealkylation sites (tertiary alicyclic amines) is 1. The van der Waals surface area contributed by atoms with Gasteiger partial charge in [0.05, 0.1) is 0 Å². The lowest BCUT2D eigenvalue weighted by Crippen LogP contribution is -2.38. The summed E-state index contributed by atoms with van der Waals surface area (Å²) in [6.07, 6.45) is 2.52. The summed E-state index contributed by atoms with van der Waals surface area (Å²) in [5, 5.41) is 8.93. The van der Waals surface area contributed by atoms with Crippen molar-refractivity contribution in [3.05, 3.63) is 0 Å². The van der Waals surface area contributed by atoms with Crippen LogP contribution in [0.3, 0.4) is 0 Å². The standard InChI is InChI=1S/C9H19N3O2/c10-11-9(14)3-6-12-4-1-8(7-13)2-5-12/h8,13H,1-7,10H2,(H,11,14). The van der Waals surface area contributed by atoms with Gasteiger partial charge < -0.3 is 10.0 Å². The van der Waals surface area contributed by atoms with E-state index in [-0.39, 0.29) is 12.5 Å². The number of nitrogens with zero attached hydrogens (tertiary/aromatic N) is 1. The van der Waals surface area contributed by atoms with E-state index >= 15 is 0 Å². The van der Waals surface area contributed by atoms with Crippen molar-refractivity contribution in [3.8, 4) is 0 Å². The van der Waals surface area contributed by atoms with Crippen molar-refractivity contribution in [1.82, 2.24) is 10.3 Å². The van der Waals surface area contributed by atoms with Gasteiger partial charge in [-0.2, -0.15) is 0 Å². The van der Waals surface area contributed by atoms with E-state index in [1.165, 1.54) is 0 Å². The summed E-state index contributed by atoms with van der Waals surface area (Å²) in [7, 11) is 0. The van der Waals surface area contributed by atoms with E-state index in [4.69, 9.17) is 10.9 Å². The average molecular weight is 201 g/mol. The van der Waals surface area contributed by atoms with Gasteiger partial charge in [-0.15, -0.1) is 0 Å². The van der Waals surface area contributed by atoms with E-state index in [2.05, 4.69) is 10.3 Å². The number of amides is 1. The number of hydrogen-bond donors (Lipinski definition) is 3. The number of rotatable bonds is 4. The molecule has 14 heavy (non-hydrogen) atoms. The Morgan fingerprint density at radius 3 is 2.64 bits per heavy atom. The van der Waals surface area contributed by atoms with Gasteiger partial charge in [-0.25, -0.2) is 5.84 Å². The van der Waals surface area contributed by atoms with Crippen LogP contribution in [-0.2, 0) is 4.79 Å². The van der Waals surface area contributed by atoms with Gasteiger partial charge in [0.2, 0.25) is 5.91 Å². The monoisotopic (exact) mass is 201 g/mol. The van der Waals surface area contributed by atoms with Gasteiger partial charge in [0.15, 0.2) is 0 Å². The first kappa shape index (κ1) is 11.4. The van der Waals surface area contributed by atoms with E-state index in [9.17, 15) is 4.79 Å². The summed E-state index contributed by atoms with van der Waals surface area (Å²) in [5.74, 6) is 5.32. The Bertz CT molecular complexity index is 179. The van der Waals surface area contributed by atoms with Crippen LogP contribution in [0.25, 0.3) is 0 Å². The molecule has 1 rings (SSSR count). The molecular formula is C9H19N3O2. The van der Waals surface area contributed by atoms with Crippen molar-refractivity contribution >= 4 is 5.91 Å². The molecule has 0 radical (unpaired) electrons. The summed E-state index contributed by atoms with van der Waals surface area (Å²) in [4.78, 5) is 13.1. The molecule has 1 amide bonds. The first-order chi connectivity index (χ1) is 6.76. The molecule has 0 atom stereocenters. The van der Waals surface area contributed by atoms with Crippen molar-refractivity contribution in [2.45, 2.75) is 19.3 Å². The Labute approximate surface area is 84.2 Å². The minimum Gasteiger partial charge on any atom is -0.396 e. The molecule has 0 bridgehead atoms. The second kappa shape index (κ2) is 5.95. The molecule has 0 aliphatic carbocycles. The highest BCUT2D eigenvalue weighted by Gasteiger charge is 2.18. The number of carbonyl (C=O) groups excluding carboxylic acids is 1. The fraction of sp³-hybridized carbons (Fsp3) is 0.889. The molecular weight excluding hydrogens is 182 g/mol. The highest BCUT2D eigenvalue weighted by atomic mass is 16.3. The van der Waals surface area contributed by atoms with Gasteiger partial charge in [0.1, 0.15) is 0 Å². The molecule has 0 aromatic carbocycles. The van der Waals surface area contributed by atoms with Crippen LogP contribution < -0.4 is 11.3 Å². The van der Waals surface area contributed by atoms with E-state index in [1.807, 2.05) is 0 Å². The molecule has 5 nitrogen and oxygen atoms in total. The summed E-state index contributed by atoms with van der Waals surface area (Å²) in [5.41, 5.74) is 2.12. The van der Waals surface area contributed by atoms with Gasteiger partial charge in [0.25, 0.3) is 0 Å². The molecule has 4 N–H and O–H groups in total. The van der Waals surface area contributed by atoms with Crippen LogP contribution in [0.1, 0.15) is 19.3 Å². The Balaban J connectivity index is 2.13. The predicted octanol–water partition coefficient (Wildman–Crippen LogP) is -0.929. The molecule has 0 spiro atoms. The number of hydrazine groups is 1. The normalized spacial score (nSPS) is 19.6. The van der Waals surface area contributed by atoms with Crippen LogP contribution in [0.15, 0.2) is 0 Å². The van der Waals surface area contributed by atoms with Crippen molar-refractivity contribution in [2.75, 3.05) is 26.2 Å². The molecule has 1 fully saturated rings. The molecule has 1 heterocycles. The smallest absolute Gasteiger partial charge is 0.235 e. The van der Waals surface area contributed by atoms with Gasteiger partial charge >= 0.3 is 0 Å². The fourth-order valence-electron chi connectivity index (χ4n) is 1.72. The third-order valence-electron chi connectivity index (χ3n) is 2.78. The second-order valence-electron chi connectivity index (χ2n) is 3.79. The lowest BCUT2D eigenvalue weighted by molar-refractivity contribution is -0.121. The molecule has 0 aromatic rings. The average Bonchev–Trinajstić information content (AvgIpc) is 2.26.